The van der Waals surface area contributed by atoms with Gasteiger partial charge in [0.15, 0.2) is 0 Å². The number of hydrogen-bond acceptors (Lipinski definition) is 5. The van der Waals surface area contributed by atoms with E-state index in [1.807, 2.05) is 30.3 Å². The number of halogens is 1. The van der Waals surface area contributed by atoms with Crippen molar-refractivity contribution in [3.05, 3.63) is 40.9 Å². The first-order chi connectivity index (χ1) is 10.2. The van der Waals surface area contributed by atoms with E-state index in [0.717, 1.165) is 42.6 Å². The van der Waals surface area contributed by atoms with Crippen LogP contribution in [0.3, 0.4) is 0 Å². The predicted octanol–water partition coefficient (Wildman–Crippen LogP) is 3.19. The lowest BCUT2D eigenvalue weighted by atomic mass is 10.1. The standard InChI is InChI=1S/C15H20ClN5/c1-2-8-18-13-10-14(21-15(17)20-13)19-9-7-11-3-5-12(16)6-4-11/h3-6,10H,2,7-9H2,1H3,(H4,17,18,19,20,21). The molecule has 0 amide bonds. The summed E-state index contributed by atoms with van der Waals surface area (Å²) in [5.41, 5.74) is 6.93. The van der Waals surface area contributed by atoms with Crippen molar-refractivity contribution in [1.29, 1.82) is 0 Å². The maximum atomic E-state index is 5.86. The summed E-state index contributed by atoms with van der Waals surface area (Å²) in [5.74, 6) is 1.75. The van der Waals surface area contributed by atoms with Crippen LogP contribution in [0.25, 0.3) is 0 Å². The van der Waals surface area contributed by atoms with Crippen LogP contribution < -0.4 is 16.4 Å². The Morgan fingerprint density at radius 2 is 1.67 bits per heavy atom. The average molecular weight is 306 g/mol. The molecule has 21 heavy (non-hydrogen) atoms. The van der Waals surface area contributed by atoms with Crippen molar-refractivity contribution in [1.82, 2.24) is 9.97 Å². The second-order valence-electron chi connectivity index (χ2n) is 4.73. The Hall–Kier alpha value is -2.01. The van der Waals surface area contributed by atoms with E-state index in [4.69, 9.17) is 17.3 Å². The van der Waals surface area contributed by atoms with Crippen LogP contribution in [-0.4, -0.2) is 23.1 Å². The summed E-state index contributed by atoms with van der Waals surface area (Å²) < 4.78 is 0. The van der Waals surface area contributed by atoms with Crippen molar-refractivity contribution in [3.8, 4) is 0 Å². The molecule has 4 N–H and O–H groups in total. The minimum absolute atomic E-state index is 0.269. The number of nitrogens with one attached hydrogen (secondary N) is 2. The molecule has 0 aliphatic carbocycles. The number of rotatable bonds is 7. The highest BCUT2D eigenvalue weighted by atomic mass is 35.5. The van der Waals surface area contributed by atoms with E-state index in [9.17, 15) is 0 Å². The van der Waals surface area contributed by atoms with Crippen molar-refractivity contribution in [2.75, 3.05) is 29.5 Å². The third-order valence-electron chi connectivity index (χ3n) is 2.93. The normalized spacial score (nSPS) is 10.4. The van der Waals surface area contributed by atoms with E-state index in [-0.39, 0.29) is 5.95 Å². The zero-order chi connectivity index (χ0) is 15.1. The van der Waals surface area contributed by atoms with Gasteiger partial charge in [-0.3, -0.25) is 0 Å². The van der Waals surface area contributed by atoms with Gasteiger partial charge in [-0.05, 0) is 30.5 Å². The van der Waals surface area contributed by atoms with Gasteiger partial charge in [0.2, 0.25) is 5.95 Å². The van der Waals surface area contributed by atoms with Crippen LogP contribution in [0.5, 0.6) is 0 Å². The molecule has 0 radical (unpaired) electrons. The third-order valence-corrected chi connectivity index (χ3v) is 3.18. The third kappa shape index (κ3) is 5.11. The zero-order valence-corrected chi connectivity index (χ0v) is 12.8. The molecule has 1 aromatic heterocycles. The molecule has 0 bridgehead atoms. The van der Waals surface area contributed by atoms with Crippen LogP contribution in [0.2, 0.25) is 5.02 Å². The van der Waals surface area contributed by atoms with Gasteiger partial charge in [0.05, 0.1) is 0 Å². The number of anilines is 3. The monoisotopic (exact) mass is 305 g/mol. The molecule has 0 unspecified atom stereocenters. The summed E-state index contributed by atoms with van der Waals surface area (Å²) in [6.45, 7) is 3.73. The number of hydrogen-bond donors (Lipinski definition) is 3. The minimum atomic E-state index is 0.269. The SMILES string of the molecule is CCCNc1cc(NCCc2ccc(Cl)cc2)nc(N)n1. The van der Waals surface area contributed by atoms with E-state index >= 15 is 0 Å². The molecule has 0 spiro atoms. The topological polar surface area (TPSA) is 75.9 Å². The Morgan fingerprint density at radius 1 is 1.05 bits per heavy atom. The van der Waals surface area contributed by atoms with Gasteiger partial charge in [0, 0.05) is 24.2 Å². The molecule has 6 heteroatoms. The molecule has 2 aromatic rings. The lowest BCUT2D eigenvalue weighted by molar-refractivity contribution is 0.962. The molecule has 0 aliphatic rings. The molecule has 0 saturated carbocycles. The summed E-state index contributed by atoms with van der Waals surface area (Å²) in [6, 6.07) is 9.70. The largest absolute Gasteiger partial charge is 0.370 e. The molecular weight excluding hydrogens is 286 g/mol. The first-order valence-electron chi connectivity index (χ1n) is 7.04. The van der Waals surface area contributed by atoms with Gasteiger partial charge in [-0.1, -0.05) is 30.7 Å². The van der Waals surface area contributed by atoms with Gasteiger partial charge in [-0.25, -0.2) is 0 Å². The van der Waals surface area contributed by atoms with Gasteiger partial charge in [0.25, 0.3) is 0 Å². The first-order valence-corrected chi connectivity index (χ1v) is 7.42. The van der Waals surface area contributed by atoms with Crippen molar-refractivity contribution in [2.24, 2.45) is 0 Å². The fourth-order valence-electron chi connectivity index (χ4n) is 1.89. The number of benzene rings is 1. The van der Waals surface area contributed by atoms with E-state index in [2.05, 4.69) is 27.5 Å². The van der Waals surface area contributed by atoms with Crippen LogP contribution in [0.1, 0.15) is 18.9 Å². The van der Waals surface area contributed by atoms with Gasteiger partial charge >= 0.3 is 0 Å². The molecule has 5 nitrogen and oxygen atoms in total. The highest BCUT2D eigenvalue weighted by molar-refractivity contribution is 6.30. The fraction of sp³-hybridized carbons (Fsp3) is 0.333. The Kier molecular flexibility index (Phi) is 5.63. The lowest BCUT2D eigenvalue weighted by Gasteiger charge is -2.09. The fourth-order valence-corrected chi connectivity index (χ4v) is 2.01. The molecule has 2 rings (SSSR count). The van der Waals surface area contributed by atoms with Crippen molar-refractivity contribution in [3.63, 3.8) is 0 Å². The second kappa shape index (κ2) is 7.69. The molecule has 0 saturated heterocycles. The highest BCUT2D eigenvalue weighted by Crippen LogP contribution is 2.13. The summed E-state index contributed by atoms with van der Waals surface area (Å²) in [5, 5.41) is 7.22. The molecule has 0 atom stereocenters. The summed E-state index contributed by atoms with van der Waals surface area (Å²) in [7, 11) is 0. The maximum Gasteiger partial charge on any atom is 0.223 e. The van der Waals surface area contributed by atoms with Crippen LogP contribution >= 0.6 is 11.6 Å². The number of nitrogens with two attached hydrogens (primary N) is 1. The Balaban J connectivity index is 1.90. The summed E-state index contributed by atoms with van der Waals surface area (Å²) in [6.07, 6.45) is 1.92. The van der Waals surface area contributed by atoms with Crippen molar-refractivity contribution in [2.45, 2.75) is 19.8 Å². The Morgan fingerprint density at radius 3 is 2.29 bits per heavy atom. The Bertz CT molecular complexity index is 571. The predicted molar refractivity (Wildman–Crippen MR) is 88.9 cm³/mol. The summed E-state index contributed by atoms with van der Waals surface area (Å²) in [4.78, 5) is 8.33. The van der Waals surface area contributed by atoms with E-state index < -0.39 is 0 Å². The average Bonchev–Trinajstić information content (AvgIpc) is 2.47. The minimum Gasteiger partial charge on any atom is -0.370 e. The van der Waals surface area contributed by atoms with Crippen LogP contribution in [0.4, 0.5) is 17.6 Å². The maximum absolute atomic E-state index is 5.86. The quantitative estimate of drug-likeness (QED) is 0.732. The van der Waals surface area contributed by atoms with Crippen LogP contribution in [0.15, 0.2) is 30.3 Å². The zero-order valence-electron chi connectivity index (χ0n) is 12.1. The van der Waals surface area contributed by atoms with Crippen molar-refractivity contribution < 1.29 is 0 Å². The van der Waals surface area contributed by atoms with Crippen LogP contribution in [-0.2, 0) is 6.42 Å². The van der Waals surface area contributed by atoms with Crippen LogP contribution in [0, 0.1) is 0 Å². The number of nitrogen functional groups attached to an aromatic ring is 1. The van der Waals surface area contributed by atoms with E-state index in [1.165, 1.54) is 5.56 Å². The second-order valence-corrected chi connectivity index (χ2v) is 5.16. The van der Waals surface area contributed by atoms with E-state index in [0.29, 0.717) is 0 Å². The molecule has 0 fully saturated rings. The van der Waals surface area contributed by atoms with E-state index in [1.54, 1.807) is 0 Å². The Labute approximate surface area is 129 Å². The molecular formula is C15H20ClN5. The van der Waals surface area contributed by atoms with Gasteiger partial charge < -0.3 is 16.4 Å². The number of nitrogens with zero attached hydrogens (tertiary/aromatic N) is 2. The molecule has 0 aliphatic heterocycles. The highest BCUT2D eigenvalue weighted by Gasteiger charge is 2.02. The summed E-state index contributed by atoms with van der Waals surface area (Å²) >= 11 is 5.86. The number of aromatic nitrogens is 2. The van der Waals surface area contributed by atoms with Gasteiger partial charge in [-0.2, -0.15) is 9.97 Å². The van der Waals surface area contributed by atoms with Gasteiger partial charge in [0.1, 0.15) is 11.6 Å². The van der Waals surface area contributed by atoms with Gasteiger partial charge in [-0.15, -0.1) is 0 Å². The van der Waals surface area contributed by atoms with Crippen molar-refractivity contribution >= 4 is 29.2 Å². The molecule has 1 heterocycles. The molecule has 112 valence electrons. The first kappa shape index (κ1) is 15.4. The smallest absolute Gasteiger partial charge is 0.223 e. The molecule has 1 aromatic carbocycles. The lowest BCUT2D eigenvalue weighted by Crippen LogP contribution is -2.10.